The van der Waals surface area contributed by atoms with E-state index in [4.69, 9.17) is 0 Å². The molecule has 1 fully saturated rings. The summed E-state index contributed by atoms with van der Waals surface area (Å²) in [5.41, 5.74) is 0.275. The van der Waals surface area contributed by atoms with Crippen molar-refractivity contribution < 1.29 is 17.2 Å². The van der Waals surface area contributed by atoms with Crippen LogP contribution in [0.2, 0.25) is 0 Å². The molecule has 1 saturated carbocycles. The molecule has 0 saturated heterocycles. The van der Waals surface area contributed by atoms with E-state index in [0.717, 1.165) is 25.0 Å². The maximum atomic E-state index is 14.0. The first kappa shape index (κ1) is 16.4. The number of nitrogens with one attached hydrogen (secondary N) is 1. The molecule has 0 aromatic heterocycles. The van der Waals surface area contributed by atoms with Gasteiger partial charge < -0.3 is 5.32 Å². The lowest BCUT2D eigenvalue weighted by molar-refractivity contribution is 0.277. The molecule has 3 atom stereocenters. The molecule has 1 aliphatic carbocycles. The van der Waals surface area contributed by atoms with Gasteiger partial charge in [-0.2, -0.15) is 0 Å². The van der Waals surface area contributed by atoms with E-state index >= 15 is 0 Å². The molecule has 0 bridgehead atoms. The van der Waals surface area contributed by atoms with Gasteiger partial charge in [-0.1, -0.05) is 6.42 Å². The van der Waals surface area contributed by atoms with Gasteiger partial charge in [-0.15, -0.1) is 0 Å². The topological polar surface area (TPSA) is 46.2 Å². The van der Waals surface area contributed by atoms with Gasteiger partial charge in [-0.05, 0) is 50.4 Å². The van der Waals surface area contributed by atoms with Crippen LogP contribution in [-0.2, 0) is 9.84 Å². The Morgan fingerprint density at radius 2 is 2.00 bits per heavy atom. The predicted molar refractivity (Wildman–Crippen MR) is 78.7 cm³/mol. The quantitative estimate of drug-likeness (QED) is 0.929. The number of hydrogen-bond acceptors (Lipinski definition) is 3. The van der Waals surface area contributed by atoms with E-state index in [1.165, 1.54) is 12.3 Å². The zero-order valence-corrected chi connectivity index (χ0v) is 13.1. The van der Waals surface area contributed by atoms with Crippen molar-refractivity contribution >= 4 is 9.84 Å². The number of hydrogen-bond donors (Lipinski definition) is 1. The summed E-state index contributed by atoms with van der Waals surface area (Å²) in [6.45, 7) is 0. The Morgan fingerprint density at radius 1 is 1.29 bits per heavy atom. The molecule has 2 rings (SSSR count). The van der Waals surface area contributed by atoms with E-state index in [1.54, 1.807) is 7.05 Å². The fraction of sp³-hybridized carbons (Fsp3) is 0.600. The second-order valence-corrected chi connectivity index (χ2v) is 8.14. The third-order valence-corrected chi connectivity index (χ3v) is 5.99. The molecular formula is C15H21F2NO2S. The first-order valence-corrected chi connectivity index (χ1v) is 9.09. The van der Waals surface area contributed by atoms with Crippen molar-refractivity contribution in [2.24, 2.45) is 5.92 Å². The van der Waals surface area contributed by atoms with Crippen LogP contribution in [0, 0.1) is 17.6 Å². The molecule has 0 heterocycles. The van der Waals surface area contributed by atoms with E-state index in [2.05, 4.69) is 5.32 Å². The molecule has 0 aliphatic heterocycles. The van der Waals surface area contributed by atoms with Crippen molar-refractivity contribution in [3.05, 3.63) is 35.4 Å². The molecule has 0 amide bonds. The Balaban J connectivity index is 2.27. The third kappa shape index (κ3) is 3.80. The number of halogens is 2. The molecule has 21 heavy (non-hydrogen) atoms. The van der Waals surface area contributed by atoms with Crippen molar-refractivity contribution in [3.8, 4) is 0 Å². The third-order valence-electron chi connectivity index (χ3n) is 4.35. The summed E-state index contributed by atoms with van der Waals surface area (Å²) >= 11 is 0. The van der Waals surface area contributed by atoms with Crippen LogP contribution in [-0.4, -0.2) is 27.0 Å². The average Bonchev–Trinajstić information content (AvgIpc) is 2.43. The van der Waals surface area contributed by atoms with Crippen LogP contribution in [0.4, 0.5) is 8.78 Å². The van der Waals surface area contributed by atoms with Gasteiger partial charge in [0.25, 0.3) is 0 Å². The van der Waals surface area contributed by atoms with Crippen LogP contribution in [0.1, 0.15) is 37.3 Å². The summed E-state index contributed by atoms with van der Waals surface area (Å²) < 4.78 is 50.8. The largest absolute Gasteiger partial charge is 0.313 e. The molecule has 1 aromatic carbocycles. The highest BCUT2D eigenvalue weighted by Gasteiger charge is 2.34. The van der Waals surface area contributed by atoms with Gasteiger partial charge >= 0.3 is 0 Å². The van der Waals surface area contributed by atoms with Crippen LogP contribution >= 0.6 is 0 Å². The zero-order chi connectivity index (χ0) is 15.6. The maximum Gasteiger partial charge on any atom is 0.150 e. The lowest BCUT2D eigenvalue weighted by Gasteiger charge is -2.34. The van der Waals surface area contributed by atoms with Gasteiger partial charge in [-0.25, -0.2) is 17.2 Å². The van der Waals surface area contributed by atoms with Gasteiger partial charge in [0, 0.05) is 17.9 Å². The molecular weight excluding hydrogens is 296 g/mol. The Labute approximate surface area is 124 Å². The Hall–Kier alpha value is -1.01. The molecule has 1 aliphatic rings. The first-order chi connectivity index (χ1) is 9.82. The van der Waals surface area contributed by atoms with E-state index in [9.17, 15) is 17.2 Å². The molecule has 1 aromatic rings. The fourth-order valence-electron chi connectivity index (χ4n) is 3.27. The van der Waals surface area contributed by atoms with E-state index in [-0.39, 0.29) is 22.8 Å². The lowest BCUT2D eigenvalue weighted by atomic mass is 9.80. The van der Waals surface area contributed by atoms with Gasteiger partial charge in [0.1, 0.15) is 21.5 Å². The Kier molecular flexibility index (Phi) is 4.99. The van der Waals surface area contributed by atoms with Crippen molar-refractivity contribution in [2.45, 2.75) is 37.0 Å². The second kappa shape index (κ2) is 6.40. The monoisotopic (exact) mass is 317 g/mol. The van der Waals surface area contributed by atoms with E-state index in [1.807, 2.05) is 0 Å². The highest BCUT2D eigenvalue weighted by atomic mass is 32.2. The predicted octanol–water partition coefficient (Wildman–Crippen LogP) is 2.83. The van der Waals surface area contributed by atoms with E-state index in [0.29, 0.717) is 12.8 Å². The molecule has 6 heteroatoms. The van der Waals surface area contributed by atoms with Gasteiger partial charge in [0.2, 0.25) is 0 Å². The standard InChI is InChI=1S/C15H21F2NO2S/c1-18-15(13-9-11(16)6-7-14(13)17)10-4-3-5-12(8-10)21(2,19)20/h6-7,9-10,12,15,18H,3-5,8H2,1-2H3. The number of sulfone groups is 1. The summed E-state index contributed by atoms with van der Waals surface area (Å²) in [4.78, 5) is 0. The molecule has 0 spiro atoms. The SMILES string of the molecule is CNC(c1cc(F)ccc1F)C1CCCC(S(C)(=O)=O)C1. The summed E-state index contributed by atoms with van der Waals surface area (Å²) in [5, 5.41) is 2.64. The Morgan fingerprint density at radius 3 is 2.62 bits per heavy atom. The van der Waals surface area contributed by atoms with Crippen molar-refractivity contribution in [1.29, 1.82) is 0 Å². The molecule has 0 radical (unpaired) electrons. The molecule has 118 valence electrons. The van der Waals surface area contributed by atoms with Crippen LogP contribution in [0.25, 0.3) is 0 Å². The van der Waals surface area contributed by atoms with Crippen LogP contribution < -0.4 is 5.32 Å². The maximum absolute atomic E-state index is 14.0. The fourth-order valence-corrected chi connectivity index (χ4v) is 4.46. The average molecular weight is 317 g/mol. The Bertz CT molecular complexity index is 604. The van der Waals surface area contributed by atoms with Crippen molar-refractivity contribution in [1.82, 2.24) is 5.32 Å². The normalized spacial score (nSPS) is 24.8. The summed E-state index contributed by atoms with van der Waals surface area (Å²) in [5.74, 6) is -0.959. The minimum absolute atomic E-state index is 0.0141. The van der Waals surface area contributed by atoms with Gasteiger partial charge in [0.15, 0.2) is 0 Å². The highest BCUT2D eigenvalue weighted by Crippen LogP contribution is 2.37. The lowest BCUT2D eigenvalue weighted by Crippen LogP contribution is -2.34. The summed E-state index contributed by atoms with van der Waals surface area (Å²) in [6.07, 6.45) is 3.99. The van der Waals surface area contributed by atoms with Crippen molar-refractivity contribution in [3.63, 3.8) is 0 Å². The molecule has 1 N–H and O–H groups in total. The highest BCUT2D eigenvalue weighted by molar-refractivity contribution is 7.91. The van der Waals surface area contributed by atoms with Gasteiger partial charge in [0.05, 0.1) is 5.25 Å². The molecule has 3 unspecified atom stereocenters. The smallest absolute Gasteiger partial charge is 0.150 e. The number of benzene rings is 1. The summed E-state index contributed by atoms with van der Waals surface area (Å²) in [6, 6.07) is 3.03. The van der Waals surface area contributed by atoms with Crippen LogP contribution in [0.5, 0.6) is 0 Å². The summed E-state index contributed by atoms with van der Waals surface area (Å²) in [7, 11) is -1.40. The number of rotatable bonds is 4. The van der Waals surface area contributed by atoms with E-state index < -0.39 is 21.5 Å². The minimum Gasteiger partial charge on any atom is -0.313 e. The zero-order valence-electron chi connectivity index (χ0n) is 12.3. The van der Waals surface area contributed by atoms with Gasteiger partial charge in [-0.3, -0.25) is 0 Å². The van der Waals surface area contributed by atoms with Crippen LogP contribution in [0.15, 0.2) is 18.2 Å². The second-order valence-electron chi connectivity index (χ2n) is 5.81. The minimum atomic E-state index is -3.10. The first-order valence-electron chi connectivity index (χ1n) is 7.14. The van der Waals surface area contributed by atoms with Crippen LogP contribution in [0.3, 0.4) is 0 Å². The van der Waals surface area contributed by atoms with Crippen molar-refractivity contribution in [2.75, 3.05) is 13.3 Å². The molecule has 3 nitrogen and oxygen atoms in total.